The van der Waals surface area contributed by atoms with Gasteiger partial charge in [-0.15, -0.1) is 0 Å². The minimum absolute atomic E-state index is 0.00404. The molecule has 0 bridgehead atoms. The summed E-state index contributed by atoms with van der Waals surface area (Å²) in [6, 6.07) is 16.1. The summed E-state index contributed by atoms with van der Waals surface area (Å²) in [5.41, 5.74) is 8.92. The summed E-state index contributed by atoms with van der Waals surface area (Å²) in [6.07, 6.45) is 1.27. The molecule has 0 aliphatic heterocycles. The molecule has 0 aliphatic rings. The maximum absolute atomic E-state index is 13.3. The number of hydrogen-bond acceptors (Lipinski definition) is 5. The van der Waals surface area contributed by atoms with Crippen LogP contribution >= 0.6 is 11.6 Å². The number of hydrazone groups is 1. The Bertz CT molecular complexity index is 1170. The van der Waals surface area contributed by atoms with Crippen LogP contribution in [-0.2, 0) is 23.1 Å². The van der Waals surface area contributed by atoms with Crippen molar-refractivity contribution in [2.24, 2.45) is 10.8 Å². The van der Waals surface area contributed by atoms with Crippen LogP contribution in [-0.4, -0.2) is 25.0 Å². The van der Waals surface area contributed by atoms with Gasteiger partial charge in [-0.2, -0.15) is 9.41 Å². The minimum atomic E-state index is -3.84. The summed E-state index contributed by atoms with van der Waals surface area (Å²) >= 11 is 5.91. The first-order chi connectivity index (χ1) is 14.7. The first kappa shape index (κ1) is 22.5. The van der Waals surface area contributed by atoms with E-state index in [9.17, 15) is 13.2 Å². The van der Waals surface area contributed by atoms with Crippen molar-refractivity contribution in [3.63, 3.8) is 0 Å². The molecule has 0 saturated carbocycles. The first-order valence-electron chi connectivity index (χ1n) is 9.22. The number of urea groups is 1. The average Bonchev–Trinajstić information content (AvgIpc) is 3.16. The average molecular weight is 461 g/mol. The van der Waals surface area contributed by atoms with Crippen molar-refractivity contribution >= 4 is 33.9 Å². The summed E-state index contributed by atoms with van der Waals surface area (Å²) in [5.74, 6) is 0.744. The van der Waals surface area contributed by atoms with Crippen LogP contribution in [0.5, 0.6) is 0 Å². The molecule has 0 fully saturated rings. The Morgan fingerprint density at radius 1 is 1.10 bits per heavy atom. The van der Waals surface area contributed by atoms with Gasteiger partial charge in [-0.05, 0) is 48.9 Å². The second-order valence-electron chi connectivity index (χ2n) is 6.75. The van der Waals surface area contributed by atoms with Crippen LogP contribution in [0, 0.1) is 6.92 Å². The van der Waals surface area contributed by atoms with E-state index >= 15 is 0 Å². The predicted octanol–water partition coefficient (Wildman–Crippen LogP) is 3.63. The zero-order valence-corrected chi connectivity index (χ0v) is 18.2. The van der Waals surface area contributed by atoms with E-state index in [1.54, 1.807) is 12.1 Å². The number of nitrogens with one attached hydrogen (secondary N) is 1. The van der Waals surface area contributed by atoms with E-state index in [-0.39, 0.29) is 18.0 Å². The number of rotatable bonds is 8. The lowest BCUT2D eigenvalue weighted by Crippen LogP contribution is -2.30. The number of sulfonamides is 1. The van der Waals surface area contributed by atoms with Crippen molar-refractivity contribution in [1.29, 1.82) is 0 Å². The van der Waals surface area contributed by atoms with Gasteiger partial charge in [0.25, 0.3) is 0 Å². The van der Waals surface area contributed by atoms with Gasteiger partial charge >= 0.3 is 6.03 Å². The van der Waals surface area contributed by atoms with E-state index in [1.807, 2.05) is 31.2 Å². The van der Waals surface area contributed by atoms with Crippen molar-refractivity contribution in [2.75, 3.05) is 0 Å². The second kappa shape index (κ2) is 9.78. The van der Waals surface area contributed by atoms with Crippen molar-refractivity contribution in [2.45, 2.75) is 24.9 Å². The van der Waals surface area contributed by atoms with Gasteiger partial charge in [-0.25, -0.2) is 18.6 Å². The van der Waals surface area contributed by atoms with E-state index < -0.39 is 16.1 Å². The van der Waals surface area contributed by atoms with Crippen molar-refractivity contribution in [3.8, 4) is 0 Å². The number of carbonyl (C=O) groups is 1. The number of halogens is 1. The van der Waals surface area contributed by atoms with Gasteiger partial charge in [0.2, 0.25) is 10.0 Å². The van der Waals surface area contributed by atoms with Gasteiger partial charge in [0.05, 0.1) is 17.7 Å². The third-order valence-corrected chi connectivity index (χ3v) is 6.37. The number of nitrogens with zero attached hydrogens (tertiary/aromatic N) is 2. The lowest BCUT2D eigenvalue weighted by Gasteiger charge is -2.21. The minimum Gasteiger partial charge on any atom is -0.459 e. The van der Waals surface area contributed by atoms with Gasteiger partial charge < -0.3 is 10.2 Å². The molecule has 31 heavy (non-hydrogen) atoms. The molecule has 2 amide bonds. The number of aryl methyl sites for hydroxylation is 1. The molecule has 1 aromatic heterocycles. The fraction of sp³-hybridized carbons (Fsp3) is 0.143. The smallest absolute Gasteiger partial charge is 0.332 e. The van der Waals surface area contributed by atoms with Gasteiger partial charge in [0.15, 0.2) is 0 Å². The maximum Gasteiger partial charge on any atom is 0.332 e. The number of furan rings is 1. The lowest BCUT2D eigenvalue weighted by atomic mass is 10.1. The molecule has 1 heterocycles. The summed E-state index contributed by atoms with van der Waals surface area (Å²) in [6.45, 7) is 2.11. The number of primary amides is 1. The van der Waals surface area contributed by atoms with Crippen LogP contribution in [0.15, 0.2) is 75.1 Å². The molecule has 0 atom stereocenters. The topological polar surface area (TPSA) is 118 Å². The van der Waals surface area contributed by atoms with Crippen molar-refractivity contribution in [1.82, 2.24) is 9.73 Å². The molecular formula is C21H21ClN4O4S. The maximum atomic E-state index is 13.3. The molecule has 0 saturated heterocycles. The SMILES string of the molecule is Cc1ccc(CN(Cc2ccc(/C=N/NC(N)=O)o2)S(=O)(=O)c2ccc(Cl)cc2)cc1. The highest BCUT2D eigenvalue weighted by atomic mass is 35.5. The molecule has 0 unspecified atom stereocenters. The van der Waals surface area contributed by atoms with Crippen LogP contribution in [0.1, 0.15) is 22.6 Å². The highest BCUT2D eigenvalue weighted by Gasteiger charge is 2.26. The van der Waals surface area contributed by atoms with E-state index in [2.05, 4.69) is 10.5 Å². The predicted molar refractivity (Wildman–Crippen MR) is 118 cm³/mol. The molecule has 0 aliphatic carbocycles. The Labute approximate surface area is 185 Å². The second-order valence-corrected chi connectivity index (χ2v) is 9.13. The Hall–Kier alpha value is -3.14. The molecule has 3 rings (SSSR count). The largest absolute Gasteiger partial charge is 0.459 e. The Morgan fingerprint density at radius 2 is 1.77 bits per heavy atom. The van der Waals surface area contributed by atoms with Crippen LogP contribution in [0.4, 0.5) is 4.79 Å². The number of amides is 2. The quantitative estimate of drug-likeness (QED) is 0.394. The highest BCUT2D eigenvalue weighted by Crippen LogP contribution is 2.23. The van der Waals surface area contributed by atoms with Crippen LogP contribution in [0.2, 0.25) is 5.02 Å². The molecule has 162 valence electrons. The molecule has 3 aromatic rings. The lowest BCUT2D eigenvalue weighted by molar-refractivity contribution is 0.249. The summed E-state index contributed by atoms with van der Waals surface area (Å²) in [7, 11) is -3.84. The van der Waals surface area contributed by atoms with E-state index in [1.165, 1.54) is 34.8 Å². The van der Waals surface area contributed by atoms with Gasteiger partial charge in [-0.3, -0.25) is 0 Å². The van der Waals surface area contributed by atoms with Crippen LogP contribution in [0.3, 0.4) is 0 Å². The highest BCUT2D eigenvalue weighted by molar-refractivity contribution is 7.89. The van der Waals surface area contributed by atoms with E-state index in [0.717, 1.165) is 11.1 Å². The normalized spacial score (nSPS) is 11.8. The van der Waals surface area contributed by atoms with Crippen LogP contribution in [0.25, 0.3) is 0 Å². The summed E-state index contributed by atoms with van der Waals surface area (Å²) in [4.78, 5) is 10.8. The Balaban J connectivity index is 1.88. The number of carbonyl (C=O) groups excluding carboxylic acids is 1. The van der Waals surface area contributed by atoms with Gasteiger partial charge in [0.1, 0.15) is 11.5 Å². The van der Waals surface area contributed by atoms with E-state index in [4.69, 9.17) is 21.8 Å². The van der Waals surface area contributed by atoms with Crippen molar-refractivity contribution in [3.05, 3.63) is 88.3 Å². The summed E-state index contributed by atoms with van der Waals surface area (Å²) in [5, 5.41) is 4.07. The van der Waals surface area contributed by atoms with Crippen molar-refractivity contribution < 1.29 is 17.6 Å². The molecular weight excluding hydrogens is 440 g/mol. The zero-order valence-electron chi connectivity index (χ0n) is 16.7. The van der Waals surface area contributed by atoms with Gasteiger partial charge in [0, 0.05) is 11.6 Å². The molecule has 8 nitrogen and oxygen atoms in total. The monoisotopic (exact) mass is 460 g/mol. The zero-order chi connectivity index (χ0) is 22.4. The molecule has 3 N–H and O–H groups in total. The Morgan fingerprint density at radius 3 is 2.42 bits per heavy atom. The van der Waals surface area contributed by atoms with Gasteiger partial charge in [-0.1, -0.05) is 41.4 Å². The fourth-order valence-corrected chi connectivity index (χ4v) is 4.28. The standard InChI is InChI=1S/C21H21ClN4O4S/c1-15-2-4-16(5-3-15)13-26(31(28,29)20-10-6-17(22)7-11-20)14-19-9-8-18(30-19)12-24-25-21(23)27/h2-12H,13-14H2,1H3,(H3,23,25,27)/b24-12+. The number of hydrogen-bond donors (Lipinski definition) is 2. The first-order valence-corrected chi connectivity index (χ1v) is 11.0. The fourth-order valence-electron chi connectivity index (χ4n) is 2.76. The third kappa shape index (κ3) is 6.17. The number of nitrogens with two attached hydrogens (primary N) is 1. The number of benzene rings is 2. The molecule has 10 heteroatoms. The molecule has 0 radical (unpaired) electrons. The summed E-state index contributed by atoms with van der Waals surface area (Å²) < 4.78 is 33.6. The Kier molecular flexibility index (Phi) is 7.11. The van der Waals surface area contributed by atoms with E-state index in [0.29, 0.717) is 16.5 Å². The van der Waals surface area contributed by atoms with Crippen LogP contribution < -0.4 is 11.2 Å². The third-order valence-electron chi connectivity index (χ3n) is 4.31. The molecule has 2 aromatic carbocycles. The molecule has 0 spiro atoms.